The molecule has 0 aliphatic heterocycles. The third-order valence-corrected chi connectivity index (χ3v) is 9.06. The van der Waals surface area contributed by atoms with E-state index < -0.39 is 5.41 Å². The molecule has 1 atom stereocenters. The fourth-order valence-corrected chi connectivity index (χ4v) is 7.74. The van der Waals surface area contributed by atoms with Crippen LogP contribution >= 0.6 is 0 Å². The first-order valence-corrected chi connectivity index (χ1v) is 13.6. The van der Waals surface area contributed by atoms with Crippen LogP contribution in [0.1, 0.15) is 62.3 Å². The zero-order valence-electron chi connectivity index (χ0n) is 22.0. The molecule has 0 bridgehead atoms. The average molecular weight is 487 g/mol. The van der Waals surface area contributed by atoms with Crippen LogP contribution in [0, 0.1) is 5.92 Å². The van der Waals surface area contributed by atoms with Gasteiger partial charge in [0.1, 0.15) is 0 Å². The van der Waals surface area contributed by atoms with Crippen LogP contribution in [0.4, 0.5) is 0 Å². The van der Waals surface area contributed by atoms with Crippen molar-refractivity contribution in [3.8, 4) is 22.3 Å². The van der Waals surface area contributed by atoms with Crippen LogP contribution in [0.5, 0.6) is 0 Å². The van der Waals surface area contributed by atoms with E-state index in [0.717, 1.165) is 12.8 Å². The molecule has 0 amide bonds. The first-order valence-electron chi connectivity index (χ1n) is 13.6. The summed E-state index contributed by atoms with van der Waals surface area (Å²) in [6, 6.07) is 35.3. The van der Waals surface area contributed by atoms with Crippen molar-refractivity contribution < 1.29 is 9.53 Å². The molecule has 4 aromatic rings. The molecular formula is C35H34O2. The fraction of sp³-hybridized carbons (Fsp3) is 0.286. The van der Waals surface area contributed by atoms with Crippen molar-refractivity contribution in [1.82, 2.24) is 0 Å². The van der Waals surface area contributed by atoms with Gasteiger partial charge in [-0.3, -0.25) is 4.79 Å². The highest BCUT2D eigenvalue weighted by Gasteiger charge is 2.58. The number of rotatable bonds is 7. The molecule has 1 unspecified atom stereocenters. The molecule has 6 rings (SSSR count). The Labute approximate surface area is 220 Å². The lowest BCUT2D eigenvalue weighted by Crippen LogP contribution is -2.48. The normalized spacial score (nSPS) is 16.3. The minimum Gasteiger partial charge on any atom is -0.466 e. The Morgan fingerprint density at radius 3 is 1.41 bits per heavy atom. The van der Waals surface area contributed by atoms with Crippen molar-refractivity contribution in [2.24, 2.45) is 5.92 Å². The van der Waals surface area contributed by atoms with Crippen LogP contribution in [0.15, 0.2) is 97.1 Å². The van der Waals surface area contributed by atoms with Gasteiger partial charge in [0, 0.05) is 10.8 Å². The Bertz CT molecular complexity index is 1390. The summed E-state index contributed by atoms with van der Waals surface area (Å²) in [5, 5.41) is 0. The van der Waals surface area contributed by atoms with E-state index in [4.69, 9.17) is 4.74 Å². The summed E-state index contributed by atoms with van der Waals surface area (Å²) in [5.41, 5.74) is 9.63. The second-order valence-corrected chi connectivity index (χ2v) is 10.6. The summed E-state index contributed by atoms with van der Waals surface area (Å²) in [4.78, 5) is 13.5. The predicted molar refractivity (Wildman–Crippen MR) is 151 cm³/mol. The van der Waals surface area contributed by atoms with E-state index in [1.165, 1.54) is 44.5 Å². The number of hydrogen-bond acceptors (Lipinski definition) is 2. The molecule has 2 aliphatic carbocycles. The van der Waals surface area contributed by atoms with Crippen molar-refractivity contribution in [3.63, 3.8) is 0 Å². The molecule has 0 heterocycles. The molecular weight excluding hydrogens is 452 g/mol. The van der Waals surface area contributed by atoms with Crippen molar-refractivity contribution >= 4 is 5.97 Å². The maximum Gasteiger partial charge on any atom is 0.307 e. The largest absolute Gasteiger partial charge is 0.466 e. The fourth-order valence-electron chi connectivity index (χ4n) is 7.74. The molecule has 0 fully saturated rings. The first-order chi connectivity index (χ1) is 18.1. The molecule has 0 aromatic heterocycles. The number of carbonyl (C=O) groups is 1. The molecule has 0 saturated carbocycles. The smallest absolute Gasteiger partial charge is 0.307 e. The maximum absolute atomic E-state index is 13.5. The quantitative estimate of drug-likeness (QED) is 0.246. The SMILES string of the molecule is CCCC1(C(C)C2(CC(=O)OCC)c3ccccc3-c3ccccc32)c2ccccc2-c2ccccc21. The standard InChI is InChI=1S/C35H34O2/c1-4-22-34(29-18-10-6-14-25(29)26-15-7-11-19-30(26)34)24(3)35(23-33(36)37-5-2)31-20-12-8-16-27(31)28-17-9-13-21-32(28)35/h6-21,24H,4-5,22-23H2,1-3H3. The zero-order chi connectivity index (χ0) is 25.6. The third kappa shape index (κ3) is 3.21. The van der Waals surface area contributed by atoms with Crippen LogP contribution in [-0.2, 0) is 20.4 Å². The molecule has 2 heteroatoms. The Kier molecular flexibility index (Phi) is 5.79. The lowest BCUT2D eigenvalue weighted by Gasteiger charge is -2.48. The van der Waals surface area contributed by atoms with Gasteiger partial charge in [0.25, 0.3) is 0 Å². The van der Waals surface area contributed by atoms with Gasteiger partial charge in [0.2, 0.25) is 0 Å². The highest BCUT2D eigenvalue weighted by Crippen LogP contribution is 2.64. The average Bonchev–Trinajstić information content (AvgIpc) is 3.38. The number of ether oxygens (including phenoxy) is 1. The van der Waals surface area contributed by atoms with Crippen molar-refractivity contribution in [2.75, 3.05) is 6.61 Å². The van der Waals surface area contributed by atoms with Gasteiger partial charge in [-0.05, 0) is 63.8 Å². The first kappa shape index (κ1) is 23.7. The van der Waals surface area contributed by atoms with Gasteiger partial charge in [-0.2, -0.15) is 0 Å². The highest BCUT2D eigenvalue weighted by molar-refractivity contribution is 5.87. The van der Waals surface area contributed by atoms with E-state index in [9.17, 15) is 4.79 Å². The molecule has 0 saturated heterocycles. The molecule has 2 nitrogen and oxygen atoms in total. The van der Waals surface area contributed by atoms with Crippen LogP contribution in [-0.4, -0.2) is 12.6 Å². The van der Waals surface area contributed by atoms with Gasteiger partial charge in [-0.25, -0.2) is 0 Å². The van der Waals surface area contributed by atoms with E-state index in [-0.39, 0.29) is 17.3 Å². The zero-order valence-corrected chi connectivity index (χ0v) is 22.0. The van der Waals surface area contributed by atoms with E-state index in [0.29, 0.717) is 13.0 Å². The van der Waals surface area contributed by atoms with Gasteiger partial charge >= 0.3 is 5.97 Å². The number of carbonyl (C=O) groups excluding carboxylic acids is 1. The summed E-state index contributed by atoms with van der Waals surface area (Å²) in [7, 11) is 0. The van der Waals surface area contributed by atoms with Gasteiger partial charge in [-0.1, -0.05) is 117 Å². The summed E-state index contributed by atoms with van der Waals surface area (Å²) in [6.45, 7) is 6.96. The molecule has 0 N–H and O–H groups in total. The van der Waals surface area contributed by atoms with E-state index in [1.807, 2.05) is 6.92 Å². The predicted octanol–water partition coefficient (Wildman–Crippen LogP) is 8.31. The number of hydrogen-bond donors (Lipinski definition) is 0. The number of fused-ring (bicyclic) bond motifs is 6. The molecule has 2 aliphatic rings. The Morgan fingerprint density at radius 1 is 0.649 bits per heavy atom. The van der Waals surface area contributed by atoms with E-state index >= 15 is 0 Å². The summed E-state index contributed by atoms with van der Waals surface area (Å²) in [6.07, 6.45) is 2.38. The Hall–Kier alpha value is -3.65. The van der Waals surface area contributed by atoms with Gasteiger partial charge in [0.15, 0.2) is 0 Å². The molecule has 0 radical (unpaired) electrons. The van der Waals surface area contributed by atoms with E-state index in [2.05, 4.69) is 111 Å². The second kappa shape index (κ2) is 9.03. The number of benzene rings is 4. The van der Waals surface area contributed by atoms with Crippen molar-refractivity contribution in [1.29, 1.82) is 0 Å². The molecule has 186 valence electrons. The second-order valence-electron chi connectivity index (χ2n) is 10.6. The Balaban J connectivity index is 1.69. The van der Waals surface area contributed by atoms with Crippen LogP contribution in [0.25, 0.3) is 22.3 Å². The van der Waals surface area contributed by atoms with Crippen LogP contribution < -0.4 is 0 Å². The Morgan fingerprint density at radius 2 is 1.03 bits per heavy atom. The van der Waals surface area contributed by atoms with Gasteiger partial charge in [0.05, 0.1) is 13.0 Å². The van der Waals surface area contributed by atoms with Crippen LogP contribution in [0.3, 0.4) is 0 Å². The van der Waals surface area contributed by atoms with Gasteiger partial charge < -0.3 is 4.74 Å². The monoisotopic (exact) mass is 486 g/mol. The highest BCUT2D eigenvalue weighted by atomic mass is 16.5. The van der Waals surface area contributed by atoms with Crippen LogP contribution in [0.2, 0.25) is 0 Å². The summed E-state index contributed by atoms with van der Waals surface area (Å²) < 4.78 is 5.66. The van der Waals surface area contributed by atoms with Crippen molar-refractivity contribution in [3.05, 3.63) is 119 Å². The minimum absolute atomic E-state index is 0.0963. The number of esters is 1. The summed E-state index contributed by atoms with van der Waals surface area (Å²) >= 11 is 0. The minimum atomic E-state index is -0.515. The third-order valence-electron chi connectivity index (χ3n) is 9.06. The lowest BCUT2D eigenvalue weighted by atomic mass is 9.53. The van der Waals surface area contributed by atoms with Gasteiger partial charge in [-0.15, -0.1) is 0 Å². The molecule has 4 aromatic carbocycles. The molecule has 0 spiro atoms. The van der Waals surface area contributed by atoms with Crippen molar-refractivity contribution in [2.45, 2.75) is 50.9 Å². The molecule has 37 heavy (non-hydrogen) atoms. The maximum atomic E-state index is 13.5. The van der Waals surface area contributed by atoms with E-state index in [1.54, 1.807) is 0 Å². The lowest BCUT2D eigenvalue weighted by molar-refractivity contribution is -0.145. The topological polar surface area (TPSA) is 26.3 Å². The summed E-state index contributed by atoms with van der Waals surface area (Å²) in [5.74, 6) is -0.0361.